The number of sulfone groups is 1. The molecule has 36 heavy (non-hydrogen) atoms. The molecule has 2 aromatic carbocycles. The summed E-state index contributed by atoms with van der Waals surface area (Å²) >= 11 is 0. The maximum atomic E-state index is 11.9. The molecule has 2 aliphatic rings. The summed E-state index contributed by atoms with van der Waals surface area (Å²) in [5.41, 5.74) is 11.0. The number of rotatable bonds is 7. The van der Waals surface area contributed by atoms with Crippen molar-refractivity contribution in [2.45, 2.75) is 58.3 Å². The largest absolute Gasteiger partial charge is 0.490 e. The second kappa shape index (κ2) is 9.69. The number of anilines is 2. The fourth-order valence-corrected chi connectivity index (χ4v) is 6.19. The van der Waals surface area contributed by atoms with Crippen LogP contribution in [-0.4, -0.2) is 42.8 Å². The normalized spacial score (nSPS) is 17.9. The number of hydrogen-bond acceptors (Lipinski definition) is 6. The number of nitrogens with two attached hydrogens (primary N) is 1. The van der Waals surface area contributed by atoms with Crippen LogP contribution in [0.1, 0.15) is 39.5 Å². The molecule has 0 bridgehead atoms. The molecule has 0 radical (unpaired) electrons. The Labute approximate surface area is 211 Å². The van der Waals surface area contributed by atoms with Gasteiger partial charge in [-0.1, -0.05) is 12.1 Å². The first-order valence-electron chi connectivity index (χ1n) is 12.6. The molecule has 5 rings (SSSR count). The van der Waals surface area contributed by atoms with Crippen LogP contribution in [0, 0.1) is 5.92 Å². The Morgan fingerprint density at radius 1 is 1.08 bits per heavy atom. The fourth-order valence-electron chi connectivity index (χ4n) is 4.74. The summed E-state index contributed by atoms with van der Waals surface area (Å²) < 4.78 is 37.2. The molecule has 1 saturated carbocycles. The van der Waals surface area contributed by atoms with E-state index in [4.69, 9.17) is 15.2 Å². The first-order chi connectivity index (χ1) is 17.2. The summed E-state index contributed by atoms with van der Waals surface area (Å²) in [5, 5.41) is 3.71. The van der Waals surface area contributed by atoms with E-state index in [0.717, 1.165) is 34.5 Å². The third-order valence-electron chi connectivity index (χ3n) is 6.76. The molecule has 1 aliphatic carbocycles. The van der Waals surface area contributed by atoms with Crippen molar-refractivity contribution in [1.29, 1.82) is 0 Å². The summed E-state index contributed by atoms with van der Waals surface area (Å²) in [4.78, 5) is 11.9. The Kier molecular flexibility index (Phi) is 6.59. The van der Waals surface area contributed by atoms with Gasteiger partial charge in [-0.05, 0) is 69.7 Å². The van der Waals surface area contributed by atoms with Gasteiger partial charge in [-0.25, -0.2) is 13.2 Å². The molecule has 1 amide bonds. The van der Waals surface area contributed by atoms with E-state index in [0.29, 0.717) is 30.1 Å². The van der Waals surface area contributed by atoms with Crippen LogP contribution >= 0.6 is 0 Å². The summed E-state index contributed by atoms with van der Waals surface area (Å²) in [6, 6.07) is 13.5. The van der Waals surface area contributed by atoms with Crippen molar-refractivity contribution in [2.75, 3.05) is 22.6 Å². The van der Waals surface area contributed by atoms with Gasteiger partial charge in [-0.3, -0.25) is 5.32 Å². The molecule has 2 heterocycles. The maximum absolute atomic E-state index is 11.9. The molecule has 3 N–H and O–H groups in total. The van der Waals surface area contributed by atoms with Crippen molar-refractivity contribution in [3.8, 4) is 17.0 Å². The summed E-state index contributed by atoms with van der Waals surface area (Å²) in [5.74, 6) is 1.71. The molecule has 9 heteroatoms. The fraction of sp³-hybridized carbons (Fsp3) is 0.444. The van der Waals surface area contributed by atoms with E-state index in [-0.39, 0.29) is 23.7 Å². The van der Waals surface area contributed by atoms with Crippen molar-refractivity contribution in [1.82, 2.24) is 4.57 Å². The lowest BCUT2D eigenvalue weighted by atomic mass is 10.1. The van der Waals surface area contributed by atoms with E-state index in [1.807, 2.05) is 42.5 Å². The Morgan fingerprint density at radius 2 is 1.78 bits per heavy atom. The van der Waals surface area contributed by atoms with Gasteiger partial charge < -0.3 is 19.8 Å². The number of nitrogens with one attached hydrogen (secondary N) is 1. The molecule has 8 nitrogen and oxygen atoms in total. The van der Waals surface area contributed by atoms with E-state index < -0.39 is 15.9 Å². The third kappa shape index (κ3) is 5.46. The molecule has 3 aromatic rings. The number of benzene rings is 2. The summed E-state index contributed by atoms with van der Waals surface area (Å²) in [6.07, 6.45) is 2.66. The number of aromatic nitrogens is 1. The average molecular weight is 512 g/mol. The molecule has 0 atom stereocenters. The van der Waals surface area contributed by atoms with Crippen LogP contribution in [0.4, 0.5) is 16.2 Å². The van der Waals surface area contributed by atoms with E-state index in [2.05, 4.69) is 9.88 Å². The highest BCUT2D eigenvalue weighted by atomic mass is 32.2. The summed E-state index contributed by atoms with van der Waals surface area (Å²) in [6.45, 7) is 4.48. The zero-order valence-corrected chi connectivity index (χ0v) is 21.5. The van der Waals surface area contributed by atoms with Gasteiger partial charge in [0.2, 0.25) is 0 Å². The quantitative estimate of drug-likeness (QED) is 0.450. The lowest BCUT2D eigenvalue weighted by Crippen LogP contribution is -2.30. The lowest BCUT2D eigenvalue weighted by Gasteiger charge is -2.23. The molecule has 0 spiro atoms. The molecular weight excluding hydrogens is 478 g/mol. The second-order valence-corrected chi connectivity index (χ2v) is 12.4. The number of amides is 1. The standard InChI is InChI=1S/C27H33N3O5S/c1-17(2)34-27(31)29-20-7-5-19(6-8-20)26-25(28)23-10-9-22(15-24(23)30(26)16-18-3-4-18)35-21-11-13-36(32,33)14-12-21/h5-10,15,17-18,21H,3-4,11-14,16,28H2,1-2H3,(H,29,31). The van der Waals surface area contributed by atoms with Gasteiger partial charge >= 0.3 is 6.09 Å². The number of ether oxygens (including phenoxy) is 2. The molecule has 192 valence electrons. The van der Waals surface area contributed by atoms with Crippen LogP contribution in [-0.2, 0) is 21.1 Å². The SMILES string of the molecule is CC(C)OC(=O)Nc1ccc(-c2c(N)c3ccc(OC4CCS(=O)(=O)CC4)cc3n2CC2CC2)cc1. The van der Waals surface area contributed by atoms with Gasteiger partial charge in [0.1, 0.15) is 11.9 Å². The van der Waals surface area contributed by atoms with Crippen LogP contribution in [0.5, 0.6) is 5.75 Å². The van der Waals surface area contributed by atoms with E-state index in [9.17, 15) is 13.2 Å². The average Bonchev–Trinajstić information content (AvgIpc) is 3.60. The first kappa shape index (κ1) is 24.5. The third-order valence-corrected chi connectivity index (χ3v) is 8.48. The Bertz CT molecular complexity index is 1360. The summed E-state index contributed by atoms with van der Waals surface area (Å²) in [7, 11) is -2.93. The van der Waals surface area contributed by atoms with E-state index in [1.54, 1.807) is 13.8 Å². The van der Waals surface area contributed by atoms with E-state index >= 15 is 0 Å². The number of carbonyl (C=O) groups is 1. The predicted molar refractivity (Wildman–Crippen MR) is 142 cm³/mol. The highest BCUT2D eigenvalue weighted by molar-refractivity contribution is 7.91. The minimum Gasteiger partial charge on any atom is -0.490 e. The highest BCUT2D eigenvalue weighted by Crippen LogP contribution is 2.41. The number of carbonyl (C=O) groups excluding carboxylic acids is 1. The lowest BCUT2D eigenvalue weighted by molar-refractivity contribution is 0.130. The number of fused-ring (bicyclic) bond motifs is 1. The number of nitrogen functional groups attached to an aromatic ring is 1. The zero-order chi connectivity index (χ0) is 25.4. The van der Waals surface area contributed by atoms with Crippen LogP contribution in [0.3, 0.4) is 0 Å². The van der Waals surface area contributed by atoms with Gasteiger partial charge in [0.15, 0.2) is 9.84 Å². The maximum Gasteiger partial charge on any atom is 0.411 e. The van der Waals surface area contributed by atoms with Crippen LogP contribution in [0.2, 0.25) is 0 Å². The smallest absolute Gasteiger partial charge is 0.411 e. The van der Waals surface area contributed by atoms with Gasteiger partial charge in [-0.15, -0.1) is 0 Å². The second-order valence-electron chi connectivity index (χ2n) is 10.1. The van der Waals surface area contributed by atoms with Crippen LogP contribution < -0.4 is 15.8 Å². The minimum atomic E-state index is -2.93. The highest BCUT2D eigenvalue weighted by Gasteiger charge is 2.27. The number of nitrogens with zero attached hydrogens (tertiary/aromatic N) is 1. The van der Waals surface area contributed by atoms with Crippen molar-refractivity contribution < 1.29 is 22.7 Å². The Hall–Kier alpha value is -3.20. The van der Waals surface area contributed by atoms with Crippen molar-refractivity contribution >= 4 is 38.2 Å². The first-order valence-corrected chi connectivity index (χ1v) is 14.4. The minimum absolute atomic E-state index is 0.0999. The molecule has 1 aliphatic heterocycles. The van der Waals surface area contributed by atoms with E-state index in [1.165, 1.54) is 12.8 Å². The predicted octanol–water partition coefficient (Wildman–Crippen LogP) is 5.21. The monoisotopic (exact) mass is 511 g/mol. The van der Waals surface area contributed by atoms with Gasteiger partial charge in [0.05, 0.1) is 34.5 Å². The molecule has 0 unspecified atom stereocenters. The Morgan fingerprint density at radius 3 is 2.42 bits per heavy atom. The van der Waals surface area contributed by atoms with Gasteiger partial charge in [0.25, 0.3) is 0 Å². The van der Waals surface area contributed by atoms with Crippen molar-refractivity contribution in [3.05, 3.63) is 42.5 Å². The van der Waals surface area contributed by atoms with Gasteiger partial charge in [0, 0.05) is 29.2 Å². The van der Waals surface area contributed by atoms with Crippen LogP contribution in [0.25, 0.3) is 22.2 Å². The molecule has 1 saturated heterocycles. The Balaban J connectivity index is 1.44. The molecule has 1 aromatic heterocycles. The van der Waals surface area contributed by atoms with Crippen molar-refractivity contribution in [2.24, 2.45) is 5.92 Å². The topological polar surface area (TPSA) is 113 Å². The van der Waals surface area contributed by atoms with Gasteiger partial charge in [-0.2, -0.15) is 0 Å². The van der Waals surface area contributed by atoms with Crippen LogP contribution in [0.15, 0.2) is 42.5 Å². The molecular formula is C27H33N3O5S. The zero-order valence-electron chi connectivity index (χ0n) is 20.7. The van der Waals surface area contributed by atoms with Crippen molar-refractivity contribution in [3.63, 3.8) is 0 Å². The number of hydrogen-bond donors (Lipinski definition) is 2. The molecule has 2 fully saturated rings.